The molecule has 0 aliphatic carbocycles. The Morgan fingerprint density at radius 1 is 1.15 bits per heavy atom. The number of aromatic nitrogens is 2. The van der Waals surface area contributed by atoms with Crippen LogP contribution in [0.25, 0.3) is 0 Å². The van der Waals surface area contributed by atoms with Crippen LogP contribution in [0.15, 0.2) is 53.1 Å². The molecular weight excluding hydrogens is 378 g/mol. The SMILES string of the molecule is CCS(=O)(=O)c1ncc(CN(C)Cc2sccc2C)n1Cc1ccccc1. The molecule has 5 nitrogen and oxygen atoms in total. The van der Waals surface area contributed by atoms with Gasteiger partial charge in [0.05, 0.1) is 24.2 Å². The Kier molecular flexibility index (Phi) is 6.14. The number of sulfone groups is 1. The van der Waals surface area contributed by atoms with Crippen LogP contribution in [0.4, 0.5) is 0 Å². The zero-order chi connectivity index (χ0) is 19.4. The van der Waals surface area contributed by atoms with Gasteiger partial charge in [-0.2, -0.15) is 0 Å². The Morgan fingerprint density at radius 3 is 2.52 bits per heavy atom. The Balaban J connectivity index is 1.89. The fourth-order valence-corrected chi connectivity index (χ4v) is 4.95. The van der Waals surface area contributed by atoms with Gasteiger partial charge in [-0.25, -0.2) is 13.4 Å². The smallest absolute Gasteiger partial charge is 0.228 e. The third-order valence-electron chi connectivity index (χ3n) is 4.56. The third kappa shape index (κ3) is 4.66. The predicted molar refractivity (Wildman–Crippen MR) is 110 cm³/mol. The van der Waals surface area contributed by atoms with Crippen molar-refractivity contribution >= 4 is 21.2 Å². The fraction of sp³-hybridized carbons (Fsp3) is 0.350. The van der Waals surface area contributed by atoms with Crippen molar-refractivity contribution in [2.45, 2.75) is 38.6 Å². The summed E-state index contributed by atoms with van der Waals surface area (Å²) in [5, 5.41) is 2.26. The molecule has 2 aromatic heterocycles. The molecule has 2 heterocycles. The van der Waals surface area contributed by atoms with E-state index in [9.17, 15) is 8.42 Å². The minimum Gasteiger partial charge on any atom is -0.313 e. The van der Waals surface area contributed by atoms with E-state index in [1.54, 1.807) is 24.5 Å². The van der Waals surface area contributed by atoms with Crippen LogP contribution in [0.5, 0.6) is 0 Å². The van der Waals surface area contributed by atoms with Crippen molar-refractivity contribution in [3.63, 3.8) is 0 Å². The van der Waals surface area contributed by atoms with E-state index in [1.165, 1.54) is 10.4 Å². The molecular formula is C20H25N3O2S2. The average Bonchev–Trinajstić information content (AvgIpc) is 3.23. The topological polar surface area (TPSA) is 55.2 Å². The molecule has 144 valence electrons. The maximum absolute atomic E-state index is 12.5. The number of hydrogen-bond acceptors (Lipinski definition) is 5. The van der Waals surface area contributed by atoms with Gasteiger partial charge < -0.3 is 4.57 Å². The summed E-state index contributed by atoms with van der Waals surface area (Å²) in [6.45, 7) is 5.73. The first-order chi connectivity index (χ1) is 12.9. The van der Waals surface area contributed by atoms with E-state index >= 15 is 0 Å². The second-order valence-corrected chi connectivity index (χ2v) is 9.88. The number of aryl methyl sites for hydroxylation is 1. The first-order valence-electron chi connectivity index (χ1n) is 8.93. The van der Waals surface area contributed by atoms with E-state index in [4.69, 9.17) is 0 Å². The first kappa shape index (κ1) is 19.8. The zero-order valence-electron chi connectivity index (χ0n) is 15.9. The second-order valence-electron chi connectivity index (χ2n) is 6.71. The number of hydrogen-bond donors (Lipinski definition) is 0. The average molecular weight is 404 g/mol. The molecule has 7 heteroatoms. The number of thiophene rings is 1. The molecule has 0 N–H and O–H groups in total. The molecule has 0 spiro atoms. The normalized spacial score (nSPS) is 12.0. The summed E-state index contributed by atoms with van der Waals surface area (Å²) < 4.78 is 26.9. The molecule has 0 fully saturated rings. The van der Waals surface area contributed by atoms with Crippen molar-refractivity contribution in [3.05, 3.63) is 69.7 Å². The molecule has 3 aromatic rings. The van der Waals surface area contributed by atoms with Crippen LogP contribution in [-0.2, 0) is 29.5 Å². The lowest BCUT2D eigenvalue weighted by Crippen LogP contribution is -2.21. The highest BCUT2D eigenvalue weighted by Gasteiger charge is 2.22. The van der Waals surface area contributed by atoms with Crippen LogP contribution in [-0.4, -0.2) is 35.7 Å². The molecule has 0 aliphatic rings. The molecule has 1 aromatic carbocycles. The van der Waals surface area contributed by atoms with Crippen molar-refractivity contribution in [2.24, 2.45) is 0 Å². The number of benzene rings is 1. The number of imidazole rings is 1. The molecule has 0 unspecified atom stereocenters. The van der Waals surface area contributed by atoms with Crippen molar-refractivity contribution in [1.29, 1.82) is 0 Å². The summed E-state index contributed by atoms with van der Waals surface area (Å²) in [5.41, 5.74) is 3.25. The predicted octanol–water partition coefficient (Wildman–Crippen LogP) is 3.73. The molecule has 0 aliphatic heterocycles. The van der Waals surface area contributed by atoms with E-state index in [2.05, 4.69) is 28.3 Å². The van der Waals surface area contributed by atoms with E-state index in [-0.39, 0.29) is 10.9 Å². The molecule has 0 radical (unpaired) electrons. The highest BCUT2D eigenvalue weighted by Crippen LogP contribution is 2.20. The quantitative estimate of drug-likeness (QED) is 0.575. The highest BCUT2D eigenvalue weighted by atomic mass is 32.2. The van der Waals surface area contributed by atoms with Crippen LogP contribution in [0.2, 0.25) is 0 Å². The second kappa shape index (κ2) is 8.37. The van der Waals surface area contributed by atoms with Gasteiger partial charge in [-0.05, 0) is 36.5 Å². The van der Waals surface area contributed by atoms with Crippen LogP contribution >= 0.6 is 11.3 Å². The summed E-state index contributed by atoms with van der Waals surface area (Å²) in [6, 6.07) is 12.0. The van der Waals surface area contributed by atoms with Gasteiger partial charge in [-0.1, -0.05) is 37.3 Å². The maximum atomic E-state index is 12.5. The van der Waals surface area contributed by atoms with E-state index in [0.717, 1.165) is 17.8 Å². The number of nitrogens with zero attached hydrogens (tertiary/aromatic N) is 3. The largest absolute Gasteiger partial charge is 0.313 e. The Bertz CT molecular complexity index is 991. The minimum atomic E-state index is -3.39. The van der Waals surface area contributed by atoms with Gasteiger partial charge in [0.1, 0.15) is 0 Å². The van der Waals surface area contributed by atoms with Crippen LogP contribution in [0.3, 0.4) is 0 Å². The van der Waals surface area contributed by atoms with Gasteiger partial charge in [0.2, 0.25) is 15.0 Å². The van der Waals surface area contributed by atoms with Crippen molar-refractivity contribution in [1.82, 2.24) is 14.5 Å². The maximum Gasteiger partial charge on any atom is 0.228 e. The summed E-state index contributed by atoms with van der Waals surface area (Å²) in [4.78, 5) is 7.79. The summed E-state index contributed by atoms with van der Waals surface area (Å²) >= 11 is 1.75. The highest BCUT2D eigenvalue weighted by molar-refractivity contribution is 7.91. The molecule has 0 saturated heterocycles. The monoisotopic (exact) mass is 403 g/mol. The lowest BCUT2D eigenvalue weighted by Gasteiger charge is -2.18. The molecule has 0 amide bonds. The molecule has 0 saturated carbocycles. The lowest BCUT2D eigenvalue weighted by molar-refractivity contribution is 0.311. The molecule has 3 rings (SSSR count). The van der Waals surface area contributed by atoms with Crippen LogP contribution in [0.1, 0.15) is 28.6 Å². The molecule has 27 heavy (non-hydrogen) atoms. The van der Waals surface area contributed by atoms with Crippen molar-refractivity contribution in [2.75, 3.05) is 12.8 Å². The van der Waals surface area contributed by atoms with E-state index in [0.29, 0.717) is 13.1 Å². The molecule has 0 atom stereocenters. The van der Waals surface area contributed by atoms with Crippen molar-refractivity contribution in [3.8, 4) is 0 Å². The van der Waals surface area contributed by atoms with Gasteiger partial charge in [0.15, 0.2) is 0 Å². The summed E-state index contributed by atoms with van der Waals surface area (Å²) in [7, 11) is -1.34. The zero-order valence-corrected chi connectivity index (χ0v) is 17.6. The Morgan fingerprint density at radius 2 is 1.89 bits per heavy atom. The Hall–Kier alpha value is -1.96. The number of rotatable bonds is 8. The summed E-state index contributed by atoms with van der Waals surface area (Å²) in [6.07, 6.45) is 1.70. The molecule has 0 bridgehead atoms. The van der Waals surface area contributed by atoms with Crippen LogP contribution in [0, 0.1) is 6.92 Å². The van der Waals surface area contributed by atoms with Gasteiger partial charge in [-0.15, -0.1) is 11.3 Å². The van der Waals surface area contributed by atoms with Crippen LogP contribution < -0.4 is 0 Å². The standard InChI is InChI=1S/C20H25N3O2S2/c1-4-27(24,25)20-21-12-18(23(20)13-17-8-6-5-7-9-17)14-22(3)15-19-16(2)10-11-26-19/h5-12H,4,13-15H2,1-3H3. The lowest BCUT2D eigenvalue weighted by atomic mass is 10.2. The van der Waals surface area contributed by atoms with Crippen molar-refractivity contribution < 1.29 is 8.42 Å². The van der Waals surface area contributed by atoms with Gasteiger partial charge >= 0.3 is 0 Å². The minimum absolute atomic E-state index is 0.0441. The van der Waals surface area contributed by atoms with E-state index < -0.39 is 9.84 Å². The Labute approximate surface area is 165 Å². The van der Waals surface area contributed by atoms with E-state index in [1.807, 2.05) is 41.9 Å². The van der Waals surface area contributed by atoms with Gasteiger partial charge in [0.25, 0.3) is 0 Å². The summed E-state index contributed by atoms with van der Waals surface area (Å²) in [5.74, 6) is 0.0441. The van der Waals surface area contributed by atoms with Gasteiger partial charge in [-0.3, -0.25) is 4.90 Å². The first-order valence-corrected chi connectivity index (χ1v) is 11.5. The van der Waals surface area contributed by atoms with Gasteiger partial charge in [0, 0.05) is 18.0 Å². The third-order valence-corrected chi connectivity index (χ3v) is 7.21. The fourth-order valence-electron chi connectivity index (χ4n) is 2.97.